The number of nitrogens with zero attached hydrogens (tertiary/aromatic N) is 1. The number of carbonyl (C=O) groups is 1. The lowest BCUT2D eigenvalue weighted by Crippen LogP contribution is -2.60. The van der Waals surface area contributed by atoms with Crippen LogP contribution in [0.4, 0.5) is 0 Å². The van der Waals surface area contributed by atoms with Crippen LogP contribution in [0.25, 0.3) is 0 Å². The van der Waals surface area contributed by atoms with E-state index in [4.69, 9.17) is 0 Å². The Hall–Kier alpha value is -0.610. The van der Waals surface area contributed by atoms with Gasteiger partial charge in [0.15, 0.2) is 0 Å². The number of aliphatic carboxylic acids is 1. The van der Waals surface area contributed by atoms with E-state index in [2.05, 4.69) is 10.2 Å². The maximum absolute atomic E-state index is 11.9. The van der Waals surface area contributed by atoms with Gasteiger partial charge in [-0.1, -0.05) is 0 Å². The zero-order valence-corrected chi connectivity index (χ0v) is 12.8. The second-order valence-corrected chi connectivity index (χ2v) is 7.47. The fourth-order valence-electron chi connectivity index (χ4n) is 4.88. The lowest BCUT2D eigenvalue weighted by atomic mass is 9.77. The summed E-state index contributed by atoms with van der Waals surface area (Å²) in [5, 5.41) is 13.1. The minimum Gasteiger partial charge on any atom is -0.480 e. The van der Waals surface area contributed by atoms with Gasteiger partial charge < -0.3 is 5.11 Å². The second kappa shape index (κ2) is 5.30. The van der Waals surface area contributed by atoms with E-state index in [0.717, 1.165) is 31.2 Å². The molecule has 114 valence electrons. The number of hydrogen-bond donors (Lipinski definition) is 2. The summed E-state index contributed by atoms with van der Waals surface area (Å²) in [7, 11) is 0. The summed E-state index contributed by atoms with van der Waals surface area (Å²) in [5.41, 5.74) is -0.696. The van der Waals surface area contributed by atoms with Crippen molar-refractivity contribution in [2.75, 3.05) is 6.54 Å². The maximum Gasteiger partial charge on any atom is 0.323 e. The predicted molar refractivity (Wildman–Crippen MR) is 78.7 cm³/mol. The first kappa shape index (κ1) is 14.3. The first-order valence-electron chi connectivity index (χ1n) is 8.27. The van der Waals surface area contributed by atoms with Crippen molar-refractivity contribution in [3.8, 4) is 0 Å². The lowest BCUT2D eigenvalue weighted by Gasteiger charge is -2.45. The van der Waals surface area contributed by atoms with Crippen LogP contribution in [0.15, 0.2) is 0 Å². The van der Waals surface area contributed by atoms with E-state index in [0.29, 0.717) is 6.04 Å². The van der Waals surface area contributed by atoms with Crippen LogP contribution >= 0.6 is 0 Å². The van der Waals surface area contributed by atoms with E-state index in [1.807, 2.05) is 13.8 Å². The van der Waals surface area contributed by atoms with Crippen LogP contribution in [-0.4, -0.2) is 46.2 Å². The SMILES string of the molecule is CC(C)NC1(C(=O)O)CCCC(N2CC3CCC2C3)C1. The normalized spacial score (nSPS) is 41.5. The van der Waals surface area contributed by atoms with Gasteiger partial charge in [-0.3, -0.25) is 15.0 Å². The van der Waals surface area contributed by atoms with Crippen molar-refractivity contribution in [3.63, 3.8) is 0 Å². The van der Waals surface area contributed by atoms with E-state index < -0.39 is 11.5 Å². The minimum atomic E-state index is -0.696. The highest BCUT2D eigenvalue weighted by atomic mass is 16.4. The molecule has 1 aliphatic heterocycles. The van der Waals surface area contributed by atoms with Gasteiger partial charge in [0, 0.05) is 24.7 Å². The van der Waals surface area contributed by atoms with Gasteiger partial charge in [-0.05, 0) is 64.7 Å². The summed E-state index contributed by atoms with van der Waals surface area (Å²) in [5.74, 6) is 0.236. The van der Waals surface area contributed by atoms with Crippen LogP contribution in [0.5, 0.6) is 0 Å². The van der Waals surface area contributed by atoms with Gasteiger partial charge >= 0.3 is 5.97 Å². The molecule has 4 unspecified atom stereocenters. The Morgan fingerprint density at radius 1 is 1.30 bits per heavy atom. The zero-order valence-electron chi connectivity index (χ0n) is 12.8. The lowest BCUT2D eigenvalue weighted by molar-refractivity contribution is -0.148. The van der Waals surface area contributed by atoms with Crippen molar-refractivity contribution in [1.82, 2.24) is 10.2 Å². The molecule has 2 saturated carbocycles. The molecule has 0 radical (unpaired) electrons. The Bertz CT molecular complexity index is 385. The molecule has 3 aliphatic rings. The number of piperidine rings is 1. The number of likely N-dealkylation sites (tertiary alicyclic amines) is 1. The van der Waals surface area contributed by atoms with Crippen LogP contribution in [0.3, 0.4) is 0 Å². The minimum absolute atomic E-state index is 0.222. The third kappa shape index (κ3) is 2.48. The van der Waals surface area contributed by atoms with Gasteiger partial charge in [0.2, 0.25) is 0 Å². The molecule has 20 heavy (non-hydrogen) atoms. The molecule has 4 nitrogen and oxygen atoms in total. The zero-order chi connectivity index (χ0) is 14.3. The molecule has 4 atom stereocenters. The topological polar surface area (TPSA) is 52.6 Å². The molecule has 0 aromatic carbocycles. The molecule has 2 N–H and O–H groups in total. The highest BCUT2D eigenvalue weighted by Gasteiger charge is 2.48. The fourth-order valence-corrected chi connectivity index (χ4v) is 4.88. The van der Waals surface area contributed by atoms with E-state index in [1.54, 1.807) is 0 Å². The summed E-state index contributed by atoms with van der Waals surface area (Å²) < 4.78 is 0. The summed E-state index contributed by atoms with van der Waals surface area (Å²) in [4.78, 5) is 14.5. The quantitative estimate of drug-likeness (QED) is 0.829. The van der Waals surface area contributed by atoms with Crippen molar-refractivity contribution < 1.29 is 9.90 Å². The first-order chi connectivity index (χ1) is 9.50. The highest BCUT2D eigenvalue weighted by molar-refractivity contribution is 5.79. The van der Waals surface area contributed by atoms with Gasteiger partial charge in [-0.15, -0.1) is 0 Å². The van der Waals surface area contributed by atoms with E-state index in [-0.39, 0.29) is 6.04 Å². The molecular weight excluding hydrogens is 252 g/mol. The average Bonchev–Trinajstić information content (AvgIpc) is 3.00. The maximum atomic E-state index is 11.9. The molecule has 0 aromatic heterocycles. The number of hydrogen-bond acceptors (Lipinski definition) is 3. The highest BCUT2D eigenvalue weighted by Crippen LogP contribution is 2.42. The van der Waals surface area contributed by atoms with Crippen LogP contribution in [0.2, 0.25) is 0 Å². The van der Waals surface area contributed by atoms with Gasteiger partial charge in [-0.25, -0.2) is 0 Å². The fraction of sp³-hybridized carbons (Fsp3) is 0.938. The van der Waals surface area contributed by atoms with Crippen molar-refractivity contribution in [2.45, 2.75) is 82.5 Å². The molecule has 0 spiro atoms. The van der Waals surface area contributed by atoms with Crippen molar-refractivity contribution in [1.29, 1.82) is 0 Å². The number of nitrogens with one attached hydrogen (secondary N) is 1. The molecule has 1 saturated heterocycles. The first-order valence-corrected chi connectivity index (χ1v) is 8.27. The average molecular weight is 280 g/mol. The van der Waals surface area contributed by atoms with Crippen molar-refractivity contribution in [3.05, 3.63) is 0 Å². The van der Waals surface area contributed by atoms with Crippen LogP contribution in [0.1, 0.15) is 58.8 Å². The Labute approximate surface area is 121 Å². The largest absolute Gasteiger partial charge is 0.480 e. The standard InChI is InChI=1S/C16H28N2O2/c1-11(2)17-16(15(19)20)7-3-4-14(9-16)18-10-12-5-6-13(18)8-12/h11-14,17H,3-10H2,1-2H3,(H,19,20). The Morgan fingerprint density at radius 3 is 2.65 bits per heavy atom. The molecule has 2 aliphatic carbocycles. The predicted octanol–water partition coefficient (Wildman–Crippen LogP) is 2.23. The number of carboxylic acids is 1. The van der Waals surface area contributed by atoms with Crippen LogP contribution < -0.4 is 5.32 Å². The summed E-state index contributed by atoms with van der Waals surface area (Å²) in [6, 6.07) is 1.44. The van der Waals surface area contributed by atoms with E-state index in [9.17, 15) is 9.90 Å². The number of rotatable bonds is 4. The molecule has 2 bridgehead atoms. The molecule has 3 fully saturated rings. The summed E-state index contributed by atoms with van der Waals surface area (Å²) in [6.07, 6.45) is 7.85. The molecule has 3 rings (SSSR count). The molecular formula is C16H28N2O2. The van der Waals surface area contributed by atoms with Crippen LogP contribution in [0, 0.1) is 5.92 Å². The number of carboxylic acid groups (broad SMARTS) is 1. The molecule has 0 amide bonds. The molecule has 1 heterocycles. The third-order valence-corrected chi connectivity index (χ3v) is 5.62. The van der Waals surface area contributed by atoms with Crippen LogP contribution in [-0.2, 0) is 4.79 Å². The summed E-state index contributed by atoms with van der Waals surface area (Å²) in [6.45, 7) is 5.31. The molecule has 4 heteroatoms. The summed E-state index contributed by atoms with van der Waals surface area (Å²) >= 11 is 0. The van der Waals surface area contributed by atoms with Gasteiger partial charge in [0.1, 0.15) is 5.54 Å². The Balaban J connectivity index is 1.73. The van der Waals surface area contributed by atoms with E-state index >= 15 is 0 Å². The van der Waals surface area contributed by atoms with Crippen molar-refractivity contribution in [2.24, 2.45) is 5.92 Å². The third-order valence-electron chi connectivity index (χ3n) is 5.62. The molecule has 0 aromatic rings. The van der Waals surface area contributed by atoms with Gasteiger partial charge in [0.25, 0.3) is 0 Å². The second-order valence-electron chi connectivity index (χ2n) is 7.47. The Morgan fingerprint density at radius 2 is 2.10 bits per heavy atom. The van der Waals surface area contributed by atoms with E-state index in [1.165, 1.54) is 32.2 Å². The Kier molecular flexibility index (Phi) is 3.80. The van der Waals surface area contributed by atoms with Crippen molar-refractivity contribution >= 4 is 5.97 Å². The van der Waals surface area contributed by atoms with Gasteiger partial charge in [-0.2, -0.15) is 0 Å². The number of fused-ring (bicyclic) bond motifs is 2. The monoisotopic (exact) mass is 280 g/mol. The van der Waals surface area contributed by atoms with Gasteiger partial charge in [0.05, 0.1) is 0 Å². The smallest absolute Gasteiger partial charge is 0.323 e.